The number of pyridine rings is 1. The molecule has 5 aromatic heterocycles. The van der Waals surface area contributed by atoms with Gasteiger partial charge in [0.2, 0.25) is 0 Å². The number of H-pyrrole nitrogens is 2. The van der Waals surface area contributed by atoms with E-state index in [0.29, 0.717) is 28.0 Å². The molecule has 0 aliphatic rings. The number of hydrogen-bond donors (Lipinski definition) is 2. The SMILES string of the molecule is Fc1c(-c2cncnc2)ncc2[nH]nc(-c3nc4c(-c5cccs5)cccc4[nH]3)c12. The van der Waals surface area contributed by atoms with Crippen molar-refractivity contribution in [1.29, 1.82) is 0 Å². The third kappa shape index (κ3) is 2.52. The van der Waals surface area contributed by atoms with E-state index in [0.717, 1.165) is 21.5 Å². The first-order valence-electron chi connectivity index (χ1n) is 9.10. The highest BCUT2D eigenvalue weighted by Gasteiger charge is 2.21. The molecule has 6 aromatic rings. The number of hydrogen-bond acceptors (Lipinski definition) is 6. The number of aromatic amines is 2. The van der Waals surface area contributed by atoms with Crippen molar-refractivity contribution in [3.05, 3.63) is 66.4 Å². The van der Waals surface area contributed by atoms with Gasteiger partial charge in [-0.05, 0) is 17.5 Å². The van der Waals surface area contributed by atoms with Gasteiger partial charge in [0, 0.05) is 28.4 Å². The maximum absolute atomic E-state index is 15.5. The third-order valence-electron chi connectivity index (χ3n) is 4.90. The maximum atomic E-state index is 15.5. The van der Waals surface area contributed by atoms with E-state index in [1.807, 2.05) is 29.6 Å². The third-order valence-corrected chi connectivity index (χ3v) is 5.81. The van der Waals surface area contributed by atoms with Gasteiger partial charge in [-0.3, -0.25) is 10.1 Å². The van der Waals surface area contributed by atoms with Crippen molar-refractivity contribution in [2.24, 2.45) is 0 Å². The van der Waals surface area contributed by atoms with Crippen molar-refractivity contribution in [3.63, 3.8) is 0 Å². The quantitative estimate of drug-likeness (QED) is 0.433. The summed E-state index contributed by atoms with van der Waals surface area (Å²) in [7, 11) is 0. The summed E-state index contributed by atoms with van der Waals surface area (Å²) in [5, 5.41) is 9.52. The van der Waals surface area contributed by atoms with Crippen molar-refractivity contribution in [3.8, 4) is 33.2 Å². The number of benzene rings is 1. The van der Waals surface area contributed by atoms with Gasteiger partial charge in [0.25, 0.3) is 0 Å². The molecule has 0 amide bonds. The number of rotatable bonds is 3. The molecule has 7 nitrogen and oxygen atoms in total. The Labute approximate surface area is 172 Å². The van der Waals surface area contributed by atoms with Crippen LogP contribution in [-0.2, 0) is 0 Å². The van der Waals surface area contributed by atoms with Gasteiger partial charge >= 0.3 is 0 Å². The Morgan fingerprint density at radius 3 is 2.67 bits per heavy atom. The Morgan fingerprint density at radius 2 is 1.83 bits per heavy atom. The highest BCUT2D eigenvalue weighted by Crippen LogP contribution is 2.35. The van der Waals surface area contributed by atoms with Crippen molar-refractivity contribution in [2.45, 2.75) is 0 Å². The molecule has 0 fully saturated rings. The molecule has 30 heavy (non-hydrogen) atoms. The average molecular weight is 413 g/mol. The molecule has 6 rings (SSSR count). The van der Waals surface area contributed by atoms with Gasteiger partial charge < -0.3 is 4.98 Å². The Balaban J connectivity index is 1.57. The maximum Gasteiger partial charge on any atom is 0.161 e. The van der Waals surface area contributed by atoms with E-state index in [1.165, 1.54) is 18.7 Å². The van der Waals surface area contributed by atoms with E-state index in [4.69, 9.17) is 4.98 Å². The summed E-state index contributed by atoms with van der Waals surface area (Å²) in [5.74, 6) is -0.00870. The molecule has 0 bridgehead atoms. The molecular weight excluding hydrogens is 401 g/mol. The topological polar surface area (TPSA) is 96.0 Å². The normalized spacial score (nSPS) is 11.5. The van der Waals surface area contributed by atoms with Crippen LogP contribution in [0, 0.1) is 5.82 Å². The van der Waals surface area contributed by atoms with Crippen LogP contribution in [0.15, 0.2) is 60.6 Å². The molecule has 0 saturated heterocycles. The smallest absolute Gasteiger partial charge is 0.161 e. The number of imidazole rings is 1. The summed E-state index contributed by atoms with van der Waals surface area (Å²) in [5.41, 5.74) is 4.25. The molecule has 0 radical (unpaired) electrons. The van der Waals surface area contributed by atoms with Crippen LogP contribution in [-0.4, -0.2) is 35.1 Å². The minimum atomic E-state index is -0.495. The van der Waals surface area contributed by atoms with Gasteiger partial charge in [0.15, 0.2) is 11.6 Å². The van der Waals surface area contributed by atoms with Gasteiger partial charge in [-0.25, -0.2) is 19.3 Å². The lowest BCUT2D eigenvalue weighted by Crippen LogP contribution is -1.93. The van der Waals surface area contributed by atoms with Crippen molar-refractivity contribution >= 4 is 33.3 Å². The van der Waals surface area contributed by atoms with Crippen LogP contribution in [0.1, 0.15) is 0 Å². The van der Waals surface area contributed by atoms with E-state index >= 15 is 4.39 Å². The molecule has 1 aromatic carbocycles. The van der Waals surface area contributed by atoms with Gasteiger partial charge in [-0.2, -0.15) is 5.10 Å². The summed E-state index contributed by atoms with van der Waals surface area (Å²) in [6.45, 7) is 0. The first-order valence-corrected chi connectivity index (χ1v) is 9.98. The van der Waals surface area contributed by atoms with Gasteiger partial charge in [0.05, 0.1) is 28.1 Å². The first kappa shape index (κ1) is 16.9. The summed E-state index contributed by atoms with van der Waals surface area (Å²) < 4.78 is 15.5. The molecule has 0 aliphatic carbocycles. The zero-order chi connectivity index (χ0) is 20.1. The van der Waals surface area contributed by atoms with Gasteiger partial charge in [0.1, 0.15) is 17.7 Å². The number of para-hydroxylation sites is 1. The minimum absolute atomic E-state index is 0.168. The Kier molecular flexibility index (Phi) is 3.68. The van der Waals surface area contributed by atoms with Crippen molar-refractivity contribution < 1.29 is 4.39 Å². The number of aromatic nitrogens is 7. The molecule has 0 aliphatic heterocycles. The molecule has 2 N–H and O–H groups in total. The second kappa shape index (κ2) is 6.53. The summed E-state index contributed by atoms with van der Waals surface area (Å²) in [4.78, 5) is 21.3. The van der Waals surface area contributed by atoms with E-state index in [-0.39, 0.29) is 5.69 Å². The van der Waals surface area contributed by atoms with Crippen LogP contribution in [0.4, 0.5) is 4.39 Å². The zero-order valence-electron chi connectivity index (χ0n) is 15.3. The van der Waals surface area contributed by atoms with Gasteiger partial charge in [-0.15, -0.1) is 11.3 Å². The fourth-order valence-electron chi connectivity index (χ4n) is 3.54. The van der Waals surface area contributed by atoms with E-state index in [1.54, 1.807) is 17.5 Å². The second-order valence-electron chi connectivity index (χ2n) is 6.67. The second-order valence-corrected chi connectivity index (χ2v) is 7.62. The predicted molar refractivity (Wildman–Crippen MR) is 113 cm³/mol. The van der Waals surface area contributed by atoms with Crippen LogP contribution < -0.4 is 0 Å². The monoisotopic (exact) mass is 413 g/mol. The summed E-state index contributed by atoms with van der Waals surface area (Å²) >= 11 is 1.65. The fraction of sp³-hybridized carbons (Fsp3) is 0. The number of fused-ring (bicyclic) bond motifs is 2. The van der Waals surface area contributed by atoms with Crippen LogP contribution >= 0.6 is 11.3 Å². The van der Waals surface area contributed by atoms with E-state index in [9.17, 15) is 0 Å². The van der Waals surface area contributed by atoms with Gasteiger partial charge in [-0.1, -0.05) is 18.2 Å². The highest BCUT2D eigenvalue weighted by atomic mass is 32.1. The molecule has 0 atom stereocenters. The minimum Gasteiger partial charge on any atom is -0.337 e. The molecule has 9 heteroatoms. The largest absolute Gasteiger partial charge is 0.337 e. The molecule has 0 saturated carbocycles. The van der Waals surface area contributed by atoms with Crippen molar-refractivity contribution in [1.82, 2.24) is 35.1 Å². The van der Waals surface area contributed by atoms with E-state index < -0.39 is 5.82 Å². The van der Waals surface area contributed by atoms with Crippen LogP contribution in [0.3, 0.4) is 0 Å². The summed E-state index contributed by atoms with van der Waals surface area (Å²) in [6.07, 6.45) is 6.00. The van der Waals surface area contributed by atoms with Crippen LogP contribution in [0.5, 0.6) is 0 Å². The number of halogens is 1. The lowest BCUT2D eigenvalue weighted by Gasteiger charge is -2.03. The molecular formula is C21H12FN7S. The Hall–Kier alpha value is -3.98. The molecule has 5 heterocycles. The first-order chi connectivity index (χ1) is 14.8. The van der Waals surface area contributed by atoms with Crippen LogP contribution in [0.2, 0.25) is 0 Å². The predicted octanol–water partition coefficient (Wildman–Crippen LogP) is 4.83. The standard InChI is InChI=1S/C21H12FN7S/c22-17-16-14(9-25-18(17)11-7-23-10-24-8-11)28-29-20(16)21-26-13-4-1-3-12(19(13)27-21)15-5-2-6-30-15/h1-10H,(H,26,27)(H,28,29). The fourth-order valence-corrected chi connectivity index (χ4v) is 4.30. The number of nitrogens with zero attached hydrogens (tertiary/aromatic N) is 5. The Morgan fingerprint density at radius 1 is 0.933 bits per heavy atom. The van der Waals surface area contributed by atoms with Crippen molar-refractivity contribution in [2.75, 3.05) is 0 Å². The molecule has 144 valence electrons. The lowest BCUT2D eigenvalue weighted by molar-refractivity contribution is 0.638. The molecule has 0 spiro atoms. The zero-order valence-corrected chi connectivity index (χ0v) is 16.1. The number of nitrogens with one attached hydrogen (secondary N) is 2. The Bertz CT molecular complexity index is 1500. The van der Waals surface area contributed by atoms with Crippen LogP contribution in [0.25, 0.3) is 55.2 Å². The average Bonchev–Trinajstić information content (AvgIpc) is 3.53. The summed E-state index contributed by atoms with van der Waals surface area (Å²) in [6, 6.07) is 10.0. The lowest BCUT2D eigenvalue weighted by atomic mass is 10.1. The molecule has 0 unspecified atom stereocenters. The highest BCUT2D eigenvalue weighted by molar-refractivity contribution is 7.13. The number of thiophene rings is 1. The van der Waals surface area contributed by atoms with E-state index in [2.05, 4.69) is 36.2 Å².